The molecule has 0 heterocycles. The summed E-state index contributed by atoms with van der Waals surface area (Å²) < 4.78 is 0. The second-order valence-electron chi connectivity index (χ2n) is 5.58. The molecule has 2 radical (unpaired) electrons. The predicted octanol–water partition coefficient (Wildman–Crippen LogP) is 5.22. The molecule has 0 aliphatic heterocycles. The van der Waals surface area contributed by atoms with Crippen LogP contribution in [0.5, 0.6) is 0 Å². The molecule has 0 bridgehead atoms. The topological polar surface area (TPSA) is 0 Å². The molecule has 0 aromatic heterocycles. The Balaban J connectivity index is 2.99. The number of unbranched alkanes of at least 4 members (excludes halogenated alkanes) is 1. The highest BCUT2D eigenvalue weighted by atomic mass is 14.1. The molecule has 1 aromatic rings. The lowest BCUT2D eigenvalue weighted by molar-refractivity contribution is 0.778. The van der Waals surface area contributed by atoms with Crippen molar-refractivity contribution in [2.24, 2.45) is 5.92 Å². The first-order valence-corrected chi connectivity index (χ1v) is 7.68. The number of rotatable bonds is 8. The highest BCUT2D eigenvalue weighted by Crippen LogP contribution is 2.21. The molecule has 0 spiro atoms. The van der Waals surface area contributed by atoms with Gasteiger partial charge in [0.2, 0.25) is 0 Å². The van der Waals surface area contributed by atoms with E-state index < -0.39 is 0 Å². The quantitative estimate of drug-likeness (QED) is 0.558. The fourth-order valence-electron chi connectivity index (χ4n) is 2.29. The number of hydrogen-bond acceptors (Lipinski definition) is 0. The smallest absolute Gasteiger partial charge is 0.0653 e. The molecule has 0 saturated heterocycles. The third-order valence-corrected chi connectivity index (χ3v) is 3.40. The molecule has 19 heavy (non-hydrogen) atoms. The summed E-state index contributed by atoms with van der Waals surface area (Å²) in [4.78, 5) is 0. The molecule has 102 valence electrons. The van der Waals surface area contributed by atoms with Crippen molar-refractivity contribution in [3.8, 4) is 0 Å². The van der Waals surface area contributed by atoms with Crippen LogP contribution in [0, 0.1) is 5.92 Å². The minimum Gasteiger partial charge on any atom is -0.0884 e. The Morgan fingerprint density at radius 3 is 2.58 bits per heavy atom. The molecule has 0 nitrogen and oxygen atoms in total. The van der Waals surface area contributed by atoms with Gasteiger partial charge in [0.1, 0.15) is 0 Å². The summed E-state index contributed by atoms with van der Waals surface area (Å²) >= 11 is 0. The summed E-state index contributed by atoms with van der Waals surface area (Å²) in [5, 5.41) is 0. The minimum atomic E-state index is 0.603. The van der Waals surface area contributed by atoms with E-state index in [9.17, 15) is 0 Å². The Kier molecular flexibility index (Phi) is 7.63. The molecular weight excluding hydrogens is 227 g/mol. The molecule has 0 amide bonds. The van der Waals surface area contributed by atoms with E-state index >= 15 is 0 Å². The molecule has 0 atom stereocenters. The van der Waals surface area contributed by atoms with Gasteiger partial charge in [-0.2, -0.15) is 0 Å². The van der Waals surface area contributed by atoms with Crippen LogP contribution >= 0.6 is 0 Å². The van der Waals surface area contributed by atoms with Gasteiger partial charge in [0.15, 0.2) is 0 Å². The first-order valence-electron chi connectivity index (χ1n) is 7.68. The monoisotopic (exact) mass is 254 g/mol. The summed E-state index contributed by atoms with van der Waals surface area (Å²) in [7, 11) is 5.65. The Morgan fingerprint density at radius 1 is 1.16 bits per heavy atom. The van der Waals surface area contributed by atoms with Crippen molar-refractivity contribution in [1.29, 1.82) is 0 Å². The van der Waals surface area contributed by atoms with Crippen LogP contribution in [0.15, 0.2) is 24.3 Å². The van der Waals surface area contributed by atoms with Gasteiger partial charge in [-0.15, -0.1) is 0 Å². The SMILES string of the molecule is [B]CCCc1cccc(/C=C/C(C)C)c1CCCC. The van der Waals surface area contributed by atoms with Crippen LogP contribution < -0.4 is 0 Å². The molecule has 1 rings (SSSR count). The predicted molar refractivity (Wildman–Crippen MR) is 87.8 cm³/mol. The number of hydrogen-bond donors (Lipinski definition) is 0. The number of benzene rings is 1. The molecule has 0 aliphatic rings. The van der Waals surface area contributed by atoms with E-state index in [4.69, 9.17) is 7.85 Å². The summed E-state index contributed by atoms with van der Waals surface area (Å²) in [5.41, 5.74) is 4.43. The van der Waals surface area contributed by atoms with Crippen LogP contribution in [0.25, 0.3) is 6.08 Å². The Bertz CT molecular complexity index is 391. The maximum Gasteiger partial charge on any atom is 0.0653 e. The molecule has 0 saturated carbocycles. The Morgan fingerprint density at radius 2 is 1.95 bits per heavy atom. The third-order valence-electron chi connectivity index (χ3n) is 3.40. The standard InChI is InChI=1S/C18H27B/c1-4-5-11-18-16(10-7-14-19)8-6-9-17(18)13-12-15(2)3/h6,8-9,12-13,15H,4-5,7,10-11,14H2,1-3H3/b13-12+. The van der Waals surface area contributed by atoms with Crippen molar-refractivity contribution in [3.63, 3.8) is 0 Å². The molecule has 1 aromatic carbocycles. The molecular formula is C18H27B. The van der Waals surface area contributed by atoms with E-state index in [1.54, 1.807) is 0 Å². The van der Waals surface area contributed by atoms with E-state index in [2.05, 4.69) is 51.1 Å². The van der Waals surface area contributed by atoms with Crippen molar-refractivity contribution in [2.45, 2.75) is 59.2 Å². The van der Waals surface area contributed by atoms with Crippen LogP contribution in [-0.4, -0.2) is 7.85 Å². The van der Waals surface area contributed by atoms with E-state index in [-0.39, 0.29) is 0 Å². The van der Waals surface area contributed by atoms with Gasteiger partial charge in [-0.05, 0) is 41.9 Å². The fourth-order valence-corrected chi connectivity index (χ4v) is 2.29. The number of allylic oxidation sites excluding steroid dienone is 1. The zero-order valence-electron chi connectivity index (χ0n) is 12.8. The normalized spacial score (nSPS) is 11.6. The molecule has 0 fully saturated rings. The average Bonchev–Trinajstić information content (AvgIpc) is 2.41. The highest BCUT2D eigenvalue weighted by Gasteiger charge is 2.06. The van der Waals surface area contributed by atoms with Crippen molar-refractivity contribution >= 4 is 13.9 Å². The highest BCUT2D eigenvalue weighted by molar-refractivity contribution is 6.08. The lowest BCUT2D eigenvalue weighted by Crippen LogP contribution is -1.98. The number of aryl methyl sites for hydroxylation is 1. The van der Waals surface area contributed by atoms with Crippen LogP contribution in [0.4, 0.5) is 0 Å². The first-order chi connectivity index (χ1) is 9.19. The zero-order valence-corrected chi connectivity index (χ0v) is 12.8. The Labute approximate surface area is 120 Å². The van der Waals surface area contributed by atoms with Gasteiger partial charge < -0.3 is 0 Å². The van der Waals surface area contributed by atoms with E-state index in [1.807, 2.05) is 0 Å². The maximum atomic E-state index is 5.65. The van der Waals surface area contributed by atoms with E-state index in [1.165, 1.54) is 36.0 Å². The van der Waals surface area contributed by atoms with Gasteiger partial charge in [-0.1, -0.05) is 70.3 Å². The third kappa shape index (κ3) is 5.67. The second-order valence-corrected chi connectivity index (χ2v) is 5.58. The zero-order chi connectivity index (χ0) is 14.1. The lowest BCUT2D eigenvalue weighted by atomic mass is 9.90. The Hall–Kier alpha value is -0.975. The molecule has 0 N–H and O–H groups in total. The van der Waals surface area contributed by atoms with Crippen LogP contribution in [0.3, 0.4) is 0 Å². The minimum absolute atomic E-state index is 0.603. The lowest BCUT2D eigenvalue weighted by Gasteiger charge is -2.13. The average molecular weight is 254 g/mol. The molecule has 0 aliphatic carbocycles. The second kappa shape index (κ2) is 9.01. The van der Waals surface area contributed by atoms with Crippen LogP contribution in [0.1, 0.15) is 56.7 Å². The van der Waals surface area contributed by atoms with Gasteiger partial charge in [0.05, 0.1) is 7.85 Å². The van der Waals surface area contributed by atoms with Gasteiger partial charge in [-0.3, -0.25) is 0 Å². The largest absolute Gasteiger partial charge is 0.0884 e. The van der Waals surface area contributed by atoms with Crippen molar-refractivity contribution in [2.75, 3.05) is 0 Å². The summed E-state index contributed by atoms with van der Waals surface area (Å²) in [5.74, 6) is 0.603. The molecule has 1 heteroatoms. The summed E-state index contributed by atoms with van der Waals surface area (Å²) in [6.07, 6.45) is 11.3. The first kappa shape index (κ1) is 16.1. The summed E-state index contributed by atoms with van der Waals surface area (Å²) in [6.45, 7) is 6.70. The van der Waals surface area contributed by atoms with E-state index in [0.29, 0.717) is 5.92 Å². The molecule has 0 unspecified atom stereocenters. The van der Waals surface area contributed by atoms with E-state index in [0.717, 1.165) is 19.2 Å². The van der Waals surface area contributed by atoms with Crippen LogP contribution in [0.2, 0.25) is 6.32 Å². The van der Waals surface area contributed by atoms with Gasteiger partial charge in [-0.25, -0.2) is 0 Å². The summed E-state index contributed by atoms with van der Waals surface area (Å²) in [6, 6.07) is 6.70. The van der Waals surface area contributed by atoms with Gasteiger partial charge in [0, 0.05) is 0 Å². The van der Waals surface area contributed by atoms with Gasteiger partial charge >= 0.3 is 0 Å². The van der Waals surface area contributed by atoms with Crippen LogP contribution in [-0.2, 0) is 12.8 Å². The van der Waals surface area contributed by atoms with Crippen molar-refractivity contribution in [1.82, 2.24) is 0 Å². The fraction of sp³-hybridized carbons (Fsp3) is 0.556. The van der Waals surface area contributed by atoms with Gasteiger partial charge in [0.25, 0.3) is 0 Å². The van der Waals surface area contributed by atoms with Crippen molar-refractivity contribution in [3.05, 3.63) is 41.0 Å². The maximum absolute atomic E-state index is 5.65. The van der Waals surface area contributed by atoms with Crippen molar-refractivity contribution < 1.29 is 0 Å².